The van der Waals surface area contributed by atoms with Crippen LogP contribution in [0.4, 0.5) is 5.69 Å². The molecule has 0 fully saturated rings. The van der Waals surface area contributed by atoms with Gasteiger partial charge in [0.25, 0.3) is 5.91 Å². The first-order chi connectivity index (χ1) is 17.6. The lowest BCUT2D eigenvalue weighted by atomic mass is 10.1. The Bertz CT molecular complexity index is 1190. The van der Waals surface area contributed by atoms with Gasteiger partial charge in [0.2, 0.25) is 5.96 Å². The first-order valence-corrected chi connectivity index (χ1v) is 11.9. The number of methoxy groups -OCH3 is 1. The van der Waals surface area contributed by atoms with E-state index in [1.54, 1.807) is 37.6 Å². The second kappa shape index (κ2) is 12.1. The SMILES string of the molecule is C/C=C/C(=O)CCCNCCOc1ccc2c(c1OC)N=C(NC(=O)c1cccnc1)N1CCN=C21. The zero-order valence-corrected chi connectivity index (χ0v) is 20.5. The molecule has 2 aliphatic rings. The van der Waals surface area contributed by atoms with Gasteiger partial charge in [-0.25, -0.2) is 4.99 Å². The van der Waals surface area contributed by atoms with E-state index in [0.29, 0.717) is 61.4 Å². The van der Waals surface area contributed by atoms with Crippen LogP contribution in [0, 0.1) is 0 Å². The number of nitrogens with one attached hydrogen (secondary N) is 2. The molecule has 1 aromatic heterocycles. The highest BCUT2D eigenvalue weighted by Gasteiger charge is 2.33. The molecule has 0 aliphatic carbocycles. The number of carbonyl (C=O) groups is 2. The maximum atomic E-state index is 12.8. The molecule has 10 heteroatoms. The predicted octanol–water partition coefficient (Wildman–Crippen LogP) is 2.48. The van der Waals surface area contributed by atoms with Crippen LogP contribution in [0.15, 0.2) is 58.8 Å². The number of benzene rings is 1. The van der Waals surface area contributed by atoms with E-state index in [2.05, 4.69) is 20.6 Å². The number of ketones is 1. The minimum atomic E-state index is -0.304. The average molecular weight is 491 g/mol. The Kier molecular flexibility index (Phi) is 8.40. The van der Waals surface area contributed by atoms with Gasteiger partial charge in [-0.3, -0.25) is 29.8 Å². The molecule has 10 nitrogen and oxygen atoms in total. The molecular weight excluding hydrogens is 460 g/mol. The number of pyridine rings is 1. The maximum Gasteiger partial charge on any atom is 0.259 e. The molecule has 2 aromatic rings. The van der Waals surface area contributed by atoms with E-state index in [1.165, 1.54) is 6.20 Å². The lowest BCUT2D eigenvalue weighted by Crippen LogP contribution is -2.47. The molecular formula is C26H30N6O4. The summed E-state index contributed by atoms with van der Waals surface area (Å²) in [6.45, 7) is 4.82. The van der Waals surface area contributed by atoms with Crippen LogP contribution in [0.3, 0.4) is 0 Å². The van der Waals surface area contributed by atoms with Gasteiger partial charge in [0.05, 0.1) is 19.2 Å². The predicted molar refractivity (Wildman–Crippen MR) is 137 cm³/mol. The monoisotopic (exact) mass is 490 g/mol. The van der Waals surface area contributed by atoms with E-state index in [-0.39, 0.29) is 11.7 Å². The van der Waals surface area contributed by atoms with Gasteiger partial charge in [-0.1, -0.05) is 6.08 Å². The number of fused-ring (bicyclic) bond motifs is 3. The maximum absolute atomic E-state index is 12.8. The Balaban J connectivity index is 1.44. The number of carbonyl (C=O) groups excluding carboxylic acids is 2. The van der Waals surface area contributed by atoms with Crippen LogP contribution in [0.25, 0.3) is 0 Å². The summed E-state index contributed by atoms with van der Waals surface area (Å²) in [6.07, 6.45) is 7.77. The van der Waals surface area contributed by atoms with Crippen molar-refractivity contribution >= 4 is 29.2 Å². The van der Waals surface area contributed by atoms with Gasteiger partial charge < -0.3 is 14.8 Å². The van der Waals surface area contributed by atoms with Gasteiger partial charge in [0.15, 0.2) is 17.3 Å². The number of allylic oxidation sites excluding steroid dienone is 2. The van der Waals surface area contributed by atoms with Gasteiger partial charge in [-0.2, -0.15) is 0 Å². The van der Waals surface area contributed by atoms with Crippen LogP contribution < -0.4 is 20.1 Å². The number of ether oxygens (including phenoxy) is 2. The molecule has 4 rings (SSSR count). The number of aliphatic imine (C=N–C) groups is 2. The van der Waals surface area contributed by atoms with Crippen molar-refractivity contribution in [2.75, 3.05) is 39.9 Å². The molecule has 36 heavy (non-hydrogen) atoms. The van der Waals surface area contributed by atoms with Gasteiger partial charge in [-0.05, 0) is 50.2 Å². The van der Waals surface area contributed by atoms with Crippen molar-refractivity contribution < 1.29 is 19.1 Å². The van der Waals surface area contributed by atoms with Gasteiger partial charge >= 0.3 is 0 Å². The molecule has 0 saturated carbocycles. The number of guanidine groups is 1. The summed E-state index contributed by atoms with van der Waals surface area (Å²) in [6, 6.07) is 7.16. The zero-order valence-electron chi connectivity index (χ0n) is 20.5. The summed E-state index contributed by atoms with van der Waals surface area (Å²) >= 11 is 0. The first kappa shape index (κ1) is 25.1. The van der Waals surface area contributed by atoms with Crippen molar-refractivity contribution in [3.63, 3.8) is 0 Å². The van der Waals surface area contributed by atoms with Crippen LogP contribution in [-0.4, -0.2) is 73.3 Å². The Labute approximate surface area is 210 Å². The average Bonchev–Trinajstić information content (AvgIpc) is 3.39. The molecule has 3 heterocycles. The zero-order chi connectivity index (χ0) is 25.3. The van der Waals surface area contributed by atoms with Crippen LogP contribution in [-0.2, 0) is 4.79 Å². The van der Waals surface area contributed by atoms with Crippen LogP contribution in [0.5, 0.6) is 11.5 Å². The highest BCUT2D eigenvalue weighted by molar-refractivity contribution is 6.20. The van der Waals surface area contributed by atoms with Crippen LogP contribution >= 0.6 is 0 Å². The normalized spacial score (nSPS) is 14.1. The van der Waals surface area contributed by atoms with Gasteiger partial charge in [0.1, 0.15) is 18.1 Å². The van der Waals surface area contributed by atoms with E-state index >= 15 is 0 Å². The standard InChI is InChI=1S/C26H30N6O4/c1-3-6-19(33)8-5-11-27-14-16-36-21-10-9-20-22(23(21)35-2)30-26(32-15-13-29-24(20)32)31-25(34)18-7-4-12-28-17-18/h3-4,6-7,9-10,12,17,27H,5,8,11,13-16H2,1-2H3,(H,30,31,34)/b6-3+. The van der Waals surface area contributed by atoms with E-state index in [0.717, 1.165) is 24.4 Å². The van der Waals surface area contributed by atoms with Gasteiger partial charge in [0, 0.05) is 37.5 Å². The van der Waals surface area contributed by atoms with Crippen LogP contribution in [0.2, 0.25) is 0 Å². The van der Waals surface area contributed by atoms with Crippen molar-refractivity contribution in [1.82, 2.24) is 20.5 Å². The third-order valence-electron chi connectivity index (χ3n) is 5.67. The third-order valence-corrected chi connectivity index (χ3v) is 5.67. The van der Waals surface area contributed by atoms with E-state index < -0.39 is 0 Å². The Hall–Kier alpha value is -4.05. The molecule has 0 saturated heterocycles. The second-order valence-electron chi connectivity index (χ2n) is 8.15. The molecule has 2 aliphatic heterocycles. The molecule has 1 aromatic carbocycles. The van der Waals surface area contributed by atoms with Crippen LogP contribution in [0.1, 0.15) is 35.7 Å². The number of rotatable bonds is 11. The van der Waals surface area contributed by atoms with Gasteiger partial charge in [-0.15, -0.1) is 0 Å². The summed E-state index contributed by atoms with van der Waals surface area (Å²) in [5.41, 5.74) is 1.82. The molecule has 0 atom stereocenters. The number of hydrogen-bond donors (Lipinski definition) is 2. The summed E-state index contributed by atoms with van der Waals surface area (Å²) in [7, 11) is 1.56. The number of amides is 1. The van der Waals surface area contributed by atoms with Crippen molar-refractivity contribution in [2.24, 2.45) is 9.98 Å². The molecule has 0 bridgehead atoms. The molecule has 0 spiro atoms. The molecule has 0 unspecified atom stereocenters. The minimum Gasteiger partial charge on any atom is -0.491 e. The van der Waals surface area contributed by atoms with Crippen molar-refractivity contribution in [2.45, 2.75) is 19.8 Å². The van der Waals surface area contributed by atoms with Crippen molar-refractivity contribution in [1.29, 1.82) is 0 Å². The fraction of sp³-hybridized carbons (Fsp3) is 0.346. The van der Waals surface area contributed by atoms with Crippen molar-refractivity contribution in [3.05, 3.63) is 59.9 Å². The fourth-order valence-electron chi connectivity index (χ4n) is 3.99. The number of hydrogen-bond acceptors (Lipinski definition) is 9. The summed E-state index contributed by atoms with van der Waals surface area (Å²) in [4.78, 5) is 39.6. The fourth-order valence-corrected chi connectivity index (χ4v) is 3.99. The highest BCUT2D eigenvalue weighted by atomic mass is 16.5. The smallest absolute Gasteiger partial charge is 0.259 e. The lowest BCUT2D eigenvalue weighted by Gasteiger charge is -2.28. The Morgan fingerprint density at radius 3 is 2.89 bits per heavy atom. The second-order valence-corrected chi connectivity index (χ2v) is 8.15. The number of nitrogens with zero attached hydrogens (tertiary/aromatic N) is 4. The minimum absolute atomic E-state index is 0.135. The Morgan fingerprint density at radius 2 is 2.11 bits per heavy atom. The largest absolute Gasteiger partial charge is 0.491 e. The van der Waals surface area contributed by atoms with E-state index in [1.807, 2.05) is 24.0 Å². The molecule has 2 N–H and O–H groups in total. The molecule has 188 valence electrons. The van der Waals surface area contributed by atoms with Crippen molar-refractivity contribution in [3.8, 4) is 11.5 Å². The third kappa shape index (κ3) is 5.77. The molecule has 1 amide bonds. The van der Waals surface area contributed by atoms with E-state index in [4.69, 9.17) is 14.5 Å². The quantitative estimate of drug-likeness (QED) is 0.367. The topological polar surface area (TPSA) is 118 Å². The summed E-state index contributed by atoms with van der Waals surface area (Å²) in [5, 5.41) is 6.17. The number of amidine groups is 1. The van der Waals surface area contributed by atoms with E-state index in [9.17, 15) is 9.59 Å². The summed E-state index contributed by atoms with van der Waals surface area (Å²) in [5.74, 6) is 1.98. The highest BCUT2D eigenvalue weighted by Crippen LogP contribution is 2.43. The first-order valence-electron chi connectivity index (χ1n) is 11.9. The summed E-state index contributed by atoms with van der Waals surface area (Å²) < 4.78 is 11.7. The Morgan fingerprint density at radius 1 is 1.22 bits per heavy atom. The number of aromatic nitrogens is 1. The molecule has 0 radical (unpaired) electrons. The lowest BCUT2D eigenvalue weighted by molar-refractivity contribution is -0.114.